The van der Waals surface area contributed by atoms with E-state index in [9.17, 15) is 0 Å². The summed E-state index contributed by atoms with van der Waals surface area (Å²) in [6, 6.07) is 0. The zero-order valence-electron chi connectivity index (χ0n) is 8.89. The zero-order valence-corrected chi connectivity index (χ0v) is 8.89. The Kier molecular flexibility index (Phi) is 2.64. The molecule has 0 saturated heterocycles. The van der Waals surface area contributed by atoms with Gasteiger partial charge in [0, 0.05) is 0 Å². The lowest BCUT2D eigenvalue weighted by atomic mass is 9.64. The third-order valence-electron chi connectivity index (χ3n) is 4.61. The highest BCUT2D eigenvalue weighted by Crippen LogP contribution is 2.48. The second-order valence-electron chi connectivity index (χ2n) is 5.48. The van der Waals surface area contributed by atoms with Gasteiger partial charge < -0.3 is 5.73 Å². The van der Waals surface area contributed by atoms with Gasteiger partial charge in [-0.15, -0.1) is 0 Å². The lowest BCUT2D eigenvalue weighted by Gasteiger charge is -2.43. The predicted octanol–water partition coefficient (Wildman–Crippen LogP) is 2.94. The van der Waals surface area contributed by atoms with Crippen LogP contribution in [-0.4, -0.2) is 6.54 Å². The van der Waals surface area contributed by atoms with Crippen LogP contribution in [0.15, 0.2) is 0 Å². The van der Waals surface area contributed by atoms with Crippen molar-refractivity contribution in [1.82, 2.24) is 0 Å². The van der Waals surface area contributed by atoms with Crippen molar-refractivity contribution >= 4 is 0 Å². The molecule has 0 aromatic carbocycles. The van der Waals surface area contributed by atoms with E-state index in [0.717, 1.165) is 18.4 Å². The minimum Gasteiger partial charge on any atom is -0.330 e. The number of fused-ring (bicyclic) bond motifs is 2. The molecule has 2 fully saturated rings. The molecular formula is C12H23N. The molecule has 1 heteroatoms. The van der Waals surface area contributed by atoms with Crippen molar-refractivity contribution < 1.29 is 0 Å². The summed E-state index contributed by atoms with van der Waals surface area (Å²) in [7, 11) is 0. The third-order valence-corrected chi connectivity index (χ3v) is 4.61. The first-order valence-electron chi connectivity index (χ1n) is 5.95. The lowest BCUT2D eigenvalue weighted by Crippen LogP contribution is -2.39. The van der Waals surface area contributed by atoms with Crippen LogP contribution in [0, 0.1) is 17.3 Å². The molecule has 0 aromatic heterocycles. The van der Waals surface area contributed by atoms with Crippen LogP contribution in [-0.2, 0) is 0 Å². The van der Waals surface area contributed by atoms with Gasteiger partial charge in [-0.3, -0.25) is 0 Å². The summed E-state index contributed by atoms with van der Waals surface area (Å²) < 4.78 is 0. The number of hydrogen-bond donors (Lipinski definition) is 1. The van der Waals surface area contributed by atoms with Gasteiger partial charge in [-0.25, -0.2) is 0 Å². The molecule has 3 atom stereocenters. The number of hydrogen-bond acceptors (Lipinski definition) is 1. The van der Waals surface area contributed by atoms with Gasteiger partial charge in [-0.1, -0.05) is 26.2 Å². The minimum absolute atomic E-state index is 0.487. The third kappa shape index (κ3) is 1.76. The molecule has 0 aromatic rings. The Balaban J connectivity index is 2.09. The zero-order chi connectivity index (χ0) is 9.31. The van der Waals surface area contributed by atoms with E-state index in [1.807, 2.05) is 0 Å². The summed E-state index contributed by atoms with van der Waals surface area (Å²) in [5.41, 5.74) is 6.41. The Morgan fingerprint density at radius 2 is 2.00 bits per heavy atom. The van der Waals surface area contributed by atoms with Crippen molar-refractivity contribution in [2.24, 2.45) is 23.0 Å². The topological polar surface area (TPSA) is 26.0 Å². The fraction of sp³-hybridized carbons (Fsp3) is 1.00. The van der Waals surface area contributed by atoms with Crippen molar-refractivity contribution in [2.75, 3.05) is 6.54 Å². The predicted molar refractivity (Wildman–Crippen MR) is 56.5 cm³/mol. The van der Waals surface area contributed by atoms with Crippen LogP contribution in [0.4, 0.5) is 0 Å². The van der Waals surface area contributed by atoms with Gasteiger partial charge in [0.2, 0.25) is 0 Å². The molecule has 1 nitrogen and oxygen atoms in total. The van der Waals surface area contributed by atoms with Crippen LogP contribution in [0.3, 0.4) is 0 Å². The molecular weight excluding hydrogens is 158 g/mol. The van der Waals surface area contributed by atoms with Crippen LogP contribution >= 0.6 is 0 Å². The van der Waals surface area contributed by atoms with Gasteiger partial charge in [0.15, 0.2) is 0 Å². The summed E-state index contributed by atoms with van der Waals surface area (Å²) >= 11 is 0. The highest BCUT2D eigenvalue weighted by Gasteiger charge is 2.39. The highest BCUT2D eigenvalue weighted by atomic mass is 14.6. The molecule has 0 radical (unpaired) electrons. The molecule has 2 aliphatic rings. The fourth-order valence-corrected chi connectivity index (χ4v) is 3.36. The largest absolute Gasteiger partial charge is 0.330 e. The molecule has 76 valence electrons. The monoisotopic (exact) mass is 181 g/mol. The van der Waals surface area contributed by atoms with E-state index in [1.54, 1.807) is 0 Å². The van der Waals surface area contributed by atoms with Gasteiger partial charge >= 0.3 is 0 Å². The fourth-order valence-electron chi connectivity index (χ4n) is 3.36. The van der Waals surface area contributed by atoms with E-state index in [1.165, 1.54) is 44.9 Å². The average Bonchev–Trinajstić information content (AvgIpc) is 2.36. The molecule has 2 saturated carbocycles. The number of rotatable bonds is 1. The Labute approximate surface area is 82.1 Å². The van der Waals surface area contributed by atoms with E-state index in [2.05, 4.69) is 6.92 Å². The summed E-state index contributed by atoms with van der Waals surface area (Å²) in [5, 5.41) is 0. The Bertz CT molecular complexity index is 178. The molecule has 2 bridgehead atoms. The quantitative estimate of drug-likeness (QED) is 0.661. The second kappa shape index (κ2) is 3.61. The van der Waals surface area contributed by atoms with Gasteiger partial charge in [-0.2, -0.15) is 0 Å². The highest BCUT2D eigenvalue weighted by molar-refractivity contribution is 4.91. The molecule has 2 unspecified atom stereocenters. The summed E-state index contributed by atoms with van der Waals surface area (Å²) in [4.78, 5) is 0. The first-order chi connectivity index (χ1) is 6.24. The van der Waals surface area contributed by atoms with Crippen molar-refractivity contribution in [3.8, 4) is 0 Å². The Hall–Kier alpha value is -0.0400. The SMILES string of the molecule is C[C@@]1(CN)CCC2CCCCC1C2. The van der Waals surface area contributed by atoms with E-state index in [0.29, 0.717) is 5.41 Å². The van der Waals surface area contributed by atoms with Crippen molar-refractivity contribution in [1.29, 1.82) is 0 Å². The number of nitrogens with two attached hydrogens (primary N) is 1. The summed E-state index contributed by atoms with van der Waals surface area (Å²) in [5.74, 6) is 1.99. The van der Waals surface area contributed by atoms with Crippen LogP contribution < -0.4 is 5.73 Å². The first kappa shape index (κ1) is 9.51. The first-order valence-corrected chi connectivity index (χ1v) is 5.95. The second-order valence-corrected chi connectivity index (χ2v) is 5.48. The van der Waals surface area contributed by atoms with Gasteiger partial charge in [-0.05, 0) is 49.5 Å². The van der Waals surface area contributed by atoms with E-state index < -0.39 is 0 Å². The molecule has 0 spiro atoms. The molecule has 2 N–H and O–H groups in total. The lowest BCUT2D eigenvalue weighted by molar-refractivity contribution is 0.0900. The van der Waals surface area contributed by atoms with Gasteiger partial charge in [0.25, 0.3) is 0 Å². The molecule has 13 heavy (non-hydrogen) atoms. The Morgan fingerprint density at radius 1 is 1.23 bits per heavy atom. The van der Waals surface area contributed by atoms with Crippen LogP contribution in [0.1, 0.15) is 51.9 Å². The smallest absolute Gasteiger partial charge is 0.00205 e. The molecule has 2 aliphatic carbocycles. The van der Waals surface area contributed by atoms with Crippen molar-refractivity contribution in [3.05, 3.63) is 0 Å². The molecule has 0 amide bonds. The Morgan fingerprint density at radius 3 is 2.77 bits per heavy atom. The van der Waals surface area contributed by atoms with Crippen LogP contribution in [0.5, 0.6) is 0 Å². The van der Waals surface area contributed by atoms with Crippen molar-refractivity contribution in [3.63, 3.8) is 0 Å². The van der Waals surface area contributed by atoms with Crippen LogP contribution in [0.2, 0.25) is 0 Å². The maximum Gasteiger partial charge on any atom is -0.00205 e. The van der Waals surface area contributed by atoms with Crippen LogP contribution in [0.25, 0.3) is 0 Å². The minimum atomic E-state index is 0.487. The molecule has 0 heterocycles. The molecule has 2 rings (SSSR count). The summed E-state index contributed by atoms with van der Waals surface area (Å²) in [6.07, 6.45) is 10.2. The van der Waals surface area contributed by atoms with E-state index in [-0.39, 0.29) is 0 Å². The van der Waals surface area contributed by atoms with Crippen molar-refractivity contribution in [2.45, 2.75) is 51.9 Å². The van der Waals surface area contributed by atoms with E-state index >= 15 is 0 Å². The maximum absolute atomic E-state index is 5.92. The normalized spacial score (nSPS) is 45.7. The average molecular weight is 181 g/mol. The summed E-state index contributed by atoms with van der Waals surface area (Å²) in [6.45, 7) is 3.32. The van der Waals surface area contributed by atoms with Gasteiger partial charge in [0.1, 0.15) is 0 Å². The molecule has 0 aliphatic heterocycles. The van der Waals surface area contributed by atoms with E-state index in [4.69, 9.17) is 5.73 Å². The standard InChI is InChI=1S/C12H23N/c1-12(9-13)7-6-10-4-2-3-5-11(12)8-10/h10-11H,2-9,13H2,1H3/t10?,11?,12-/m0/s1. The van der Waals surface area contributed by atoms with Gasteiger partial charge in [0.05, 0.1) is 0 Å². The maximum atomic E-state index is 5.92.